The molecule has 3 N–H and O–H groups in total. The second-order valence-electron chi connectivity index (χ2n) is 4.30. The lowest BCUT2D eigenvalue weighted by atomic mass is 10.1. The third kappa shape index (κ3) is 4.08. The number of carboxylic acids is 1. The third-order valence-corrected chi connectivity index (χ3v) is 3.04. The number of rotatable bonds is 5. The lowest BCUT2D eigenvalue weighted by Gasteiger charge is -2.15. The second-order valence-corrected chi connectivity index (χ2v) is 4.30. The van der Waals surface area contributed by atoms with Gasteiger partial charge in [-0.2, -0.15) is 0 Å². The van der Waals surface area contributed by atoms with E-state index in [0.29, 0.717) is 18.9 Å². The van der Waals surface area contributed by atoms with Gasteiger partial charge in [0.2, 0.25) is 0 Å². The van der Waals surface area contributed by atoms with Gasteiger partial charge < -0.3 is 15.7 Å². The predicted molar refractivity (Wildman–Crippen MR) is 60.2 cm³/mol. The molecule has 5 heteroatoms. The standard InChI is InChI=1S/C11H20N2O3/c1-2-9(10(14)15)13-11(16)12-7-8-5-3-4-6-8/h8-9H,2-7H2,1H3,(H,14,15)(H2,12,13,16)/t9-/m0/s1. The topological polar surface area (TPSA) is 78.4 Å². The summed E-state index contributed by atoms with van der Waals surface area (Å²) in [4.78, 5) is 22.1. The van der Waals surface area contributed by atoms with Gasteiger partial charge in [0.25, 0.3) is 0 Å². The number of nitrogens with one attached hydrogen (secondary N) is 2. The van der Waals surface area contributed by atoms with Gasteiger partial charge in [0.15, 0.2) is 0 Å². The summed E-state index contributed by atoms with van der Waals surface area (Å²) in [5, 5.41) is 13.9. The Bertz CT molecular complexity index is 250. The minimum absolute atomic E-state index is 0.374. The zero-order valence-corrected chi connectivity index (χ0v) is 9.66. The summed E-state index contributed by atoms with van der Waals surface area (Å²) in [6, 6.07) is -1.16. The van der Waals surface area contributed by atoms with E-state index in [-0.39, 0.29) is 6.03 Å². The molecule has 0 heterocycles. The van der Waals surface area contributed by atoms with Crippen LogP contribution >= 0.6 is 0 Å². The zero-order chi connectivity index (χ0) is 12.0. The minimum Gasteiger partial charge on any atom is -0.480 e. The Kier molecular flexibility index (Phi) is 5.08. The molecule has 16 heavy (non-hydrogen) atoms. The Morgan fingerprint density at radius 2 is 2.00 bits per heavy atom. The van der Waals surface area contributed by atoms with Crippen molar-refractivity contribution in [1.29, 1.82) is 0 Å². The van der Waals surface area contributed by atoms with Gasteiger partial charge in [-0.25, -0.2) is 9.59 Å². The van der Waals surface area contributed by atoms with Gasteiger partial charge in [-0.1, -0.05) is 19.8 Å². The number of carbonyl (C=O) groups excluding carboxylic acids is 1. The lowest BCUT2D eigenvalue weighted by molar-refractivity contribution is -0.139. The Morgan fingerprint density at radius 1 is 1.38 bits per heavy atom. The number of carbonyl (C=O) groups is 2. The van der Waals surface area contributed by atoms with E-state index in [2.05, 4.69) is 10.6 Å². The Labute approximate surface area is 95.6 Å². The van der Waals surface area contributed by atoms with Gasteiger partial charge in [0.1, 0.15) is 6.04 Å². The maximum absolute atomic E-state index is 11.4. The summed E-state index contributed by atoms with van der Waals surface area (Å²) in [6.45, 7) is 2.39. The second kappa shape index (κ2) is 6.35. The van der Waals surface area contributed by atoms with Crippen molar-refractivity contribution in [2.75, 3.05) is 6.54 Å². The highest BCUT2D eigenvalue weighted by molar-refractivity contribution is 5.82. The molecule has 1 atom stereocenters. The van der Waals surface area contributed by atoms with E-state index in [4.69, 9.17) is 5.11 Å². The average molecular weight is 228 g/mol. The van der Waals surface area contributed by atoms with E-state index < -0.39 is 12.0 Å². The molecule has 0 saturated heterocycles. The van der Waals surface area contributed by atoms with Crippen LogP contribution in [0.15, 0.2) is 0 Å². The third-order valence-electron chi connectivity index (χ3n) is 3.04. The molecule has 1 rings (SSSR count). The van der Waals surface area contributed by atoms with Crippen LogP contribution in [0, 0.1) is 5.92 Å². The van der Waals surface area contributed by atoms with Gasteiger partial charge >= 0.3 is 12.0 Å². The maximum Gasteiger partial charge on any atom is 0.326 e. The first kappa shape index (κ1) is 12.8. The van der Waals surface area contributed by atoms with Gasteiger partial charge in [0.05, 0.1) is 0 Å². The number of urea groups is 1. The fourth-order valence-corrected chi connectivity index (χ4v) is 2.00. The van der Waals surface area contributed by atoms with E-state index in [1.165, 1.54) is 12.8 Å². The van der Waals surface area contributed by atoms with Crippen LogP contribution in [0.25, 0.3) is 0 Å². The molecule has 92 valence electrons. The highest BCUT2D eigenvalue weighted by Gasteiger charge is 2.19. The van der Waals surface area contributed by atoms with E-state index in [9.17, 15) is 9.59 Å². The molecule has 5 nitrogen and oxygen atoms in total. The van der Waals surface area contributed by atoms with Gasteiger partial charge in [-0.15, -0.1) is 0 Å². The van der Waals surface area contributed by atoms with E-state index >= 15 is 0 Å². The van der Waals surface area contributed by atoms with Crippen molar-refractivity contribution in [3.05, 3.63) is 0 Å². The predicted octanol–water partition coefficient (Wildman–Crippen LogP) is 1.34. The number of hydrogen-bond donors (Lipinski definition) is 3. The summed E-state index contributed by atoms with van der Waals surface area (Å²) in [5.41, 5.74) is 0. The highest BCUT2D eigenvalue weighted by Crippen LogP contribution is 2.23. The van der Waals surface area contributed by atoms with Crippen molar-refractivity contribution in [1.82, 2.24) is 10.6 Å². The molecule has 0 bridgehead atoms. The Morgan fingerprint density at radius 3 is 2.50 bits per heavy atom. The Hall–Kier alpha value is -1.26. The summed E-state index contributed by atoms with van der Waals surface area (Å²) >= 11 is 0. The fourth-order valence-electron chi connectivity index (χ4n) is 2.00. The molecule has 0 spiro atoms. The first-order chi connectivity index (χ1) is 7.63. The molecular weight excluding hydrogens is 208 g/mol. The van der Waals surface area contributed by atoms with Crippen LogP contribution in [0.3, 0.4) is 0 Å². The normalized spacial score (nSPS) is 18.1. The molecule has 1 aliphatic rings. The van der Waals surface area contributed by atoms with Crippen molar-refractivity contribution in [2.45, 2.75) is 45.1 Å². The van der Waals surface area contributed by atoms with Crippen molar-refractivity contribution in [3.8, 4) is 0 Å². The molecule has 0 aromatic carbocycles. The first-order valence-electron chi connectivity index (χ1n) is 5.90. The van der Waals surface area contributed by atoms with E-state index in [1.54, 1.807) is 6.92 Å². The van der Waals surface area contributed by atoms with E-state index in [0.717, 1.165) is 12.8 Å². The molecule has 0 aliphatic heterocycles. The molecule has 0 aromatic heterocycles. The van der Waals surface area contributed by atoms with Gasteiger partial charge in [-0.05, 0) is 25.2 Å². The quantitative estimate of drug-likeness (QED) is 0.664. The first-order valence-corrected chi connectivity index (χ1v) is 5.90. The average Bonchev–Trinajstić information content (AvgIpc) is 2.75. The summed E-state index contributed by atoms with van der Waals surface area (Å²) in [6.07, 6.45) is 5.19. The van der Waals surface area contributed by atoms with Crippen molar-refractivity contribution in [3.63, 3.8) is 0 Å². The van der Waals surface area contributed by atoms with Crippen LogP contribution < -0.4 is 10.6 Å². The van der Waals surface area contributed by atoms with Crippen molar-refractivity contribution < 1.29 is 14.7 Å². The Balaban J connectivity index is 2.21. The van der Waals surface area contributed by atoms with Gasteiger partial charge in [-0.3, -0.25) is 0 Å². The van der Waals surface area contributed by atoms with Crippen LogP contribution in [0.4, 0.5) is 4.79 Å². The van der Waals surface area contributed by atoms with Gasteiger partial charge in [0, 0.05) is 6.54 Å². The summed E-state index contributed by atoms with van der Waals surface area (Å²) < 4.78 is 0. The number of amides is 2. The monoisotopic (exact) mass is 228 g/mol. The largest absolute Gasteiger partial charge is 0.480 e. The van der Waals surface area contributed by atoms with Crippen LogP contribution in [0.2, 0.25) is 0 Å². The van der Waals surface area contributed by atoms with Crippen LogP contribution in [0.5, 0.6) is 0 Å². The number of aliphatic carboxylic acids is 1. The molecular formula is C11H20N2O3. The molecule has 0 aromatic rings. The highest BCUT2D eigenvalue weighted by atomic mass is 16.4. The molecule has 1 saturated carbocycles. The van der Waals surface area contributed by atoms with Crippen LogP contribution in [0.1, 0.15) is 39.0 Å². The van der Waals surface area contributed by atoms with Crippen LogP contribution in [-0.4, -0.2) is 29.7 Å². The molecule has 1 fully saturated rings. The van der Waals surface area contributed by atoms with E-state index in [1.807, 2.05) is 0 Å². The van der Waals surface area contributed by atoms with Crippen molar-refractivity contribution >= 4 is 12.0 Å². The summed E-state index contributed by atoms with van der Waals surface area (Å²) in [7, 11) is 0. The smallest absolute Gasteiger partial charge is 0.326 e. The maximum atomic E-state index is 11.4. The fraction of sp³-hybridized carbons (Fsp3) is 0.818. The number of carboxylic acid groups (broad SMARTS) is 1. The molecule has 0 radical (unpaired) electrons. The molecule has 1 aliphatic carbocycles. The summed E-state index contributed by atoms with van der Waals surface area (Å²) in [5.74, 6) is -0.422. The minimum atomic E-state index is -0.987. The van der Waals surface area contributed by atoms with Crippen molar-refractivity contribution in [2.24, 2.45) is 5.92 Å². The van der Waals surface area contributed by atoms with Crippen LogP contribution in [-0.2, 0) is 4.79 Å². The molecule has 0 unspecified atom stereocenters. The lowest BCUT2D eigenvalue weighted by Crippen LogP contribution is -2.46. The molecule has 2 amide bonds. The zero-order valence-electron chi connectivity index (χ0n) is 9.66. The number of hydrogen-bond acceptors (Lipinski definition) is 2. The SMILES string of the molecule is CC[C@H](NC(=O)NCC1CCCC1)C(=O)O.